The summed E-state index contributed by atoms with van der Waals surface area (Å²) in [5, 5.41) is 12.1. The first-order chi connectivity index (χ1) is 15.0. The largest absolute Gasteiger partial charge is 0.497 e. The molecule has 174 valence electrons. The van der Waals surface area contributed by atoms with Gasteiger partial charge in [0.05, 0.1) is 30.5 Å². The molecule has 7 nitrogen and oxygen atoms in total. The molecule has 1 aliphatic rings. The molecule has 2 aromatic carbocycles. The van der Waals surface area contributed by atoms with Crippen LogP contribution >= 0.6 is 11.9 Å². The fourth-order valence-corrected chi connectivity index (χ4v) is 4.51. The van der Waals surface area contributed by atoms with Gasteiger partial charge in [-0.2, -0.15) is 0 Å². The van der Waals surface area contributed by atoms with Gasteiger partial charge >= 0.3 is 5.97 Å². The predicted molar refractivity (Wildman–Crippen MR) is 126 cm³/mol. The number of carboxylic acids is 1. The van der Waals surface area contributed by atoms with Crippen molar-refractivity contribution in [1.82, 2.24) is 0 Å². The number of carbonyl (C=O) groups is 1. The van der Waals surface area contributed by atoms with Gasteiger partial charge in [0.15, 0.2) is 6.29 Å². The van der Waals surface area contributed by atoms with Crippen LogP contribution in [-0.2, 0) is 19.7 Å². The molecule has 0 radical (unpaired) electrons. The molecule has 1 unspecified atom stereocenters. The van der Waals surface area contributed by atoms with Crippen molar-refractivity contribution in [3.8, 4) is 5.75 Å². The van der Waals surface area contributed by atoms with E-state index in [4.69, 9.17) is 14.2 Å². The topological polar surface area (TPSA) is 94.4 Å². The first-order valence-corrected chi connectivity index (χ1v) is 11.4. The van der Waals surface area contributed by atoms with Crippen molar-refractivity contribution in [3.63, 3.8) is 0 Å². The Hall–Kier alpha value is -2.16. The van der Waals surface area contributed by atoms with Gasteiger partial charge in [0.2, 0.25) is 0 Å². The highest BCUT2D eigenvalue weighted by Crippen LogP contribution is 2.42. The van der Waals surface area contributed by atoms with Crippen molar-refractivity contribution >= 4 is 28.7 Å². The van der Waals surface area contributed by atoms with E-state index in [0.717, 1.165) is 28.5 Å². The maximum Gasteiger partial charge on any atom is 0.313 e. The third-order valence-corrected chi connectivity index (χ3v) is 7.07. The zero-order chi connectivity index (χ0) is 23.6. The molecule has 1 heterocycles. The fourth-order valence-electron chi connectivity index (χ4n) is 3.91. The number of hydrogen-bond acceptors (Lipinski definition) is 7. The number of aliphatic carboxylic acids is 1. The van der Waals surface area contributed by atoms with Crippen molar-refractivity contribution < 1.29 is 24.1 Å². The summed E-state index contributed by atoms with van der Waals surface area (Å²) in [5.41, 5.74) is -0.646. The highest BCUT2D eigenvalue weighted by molar-refractivity contribution is 7.99. The van der Waals surface area contributed by atoms with Crippen LogP contribution in [0, 0.1) is 10.3 Å². The number of hydrogen-bond donors (Lipinski definition) is 1. The number of nitroso groups, excluding NO2 is 1. The van der Waals surface area contributed by atoms with E-state index in [1.807, 2.05) is 57.2 Å². The molecule has 0 aromatic heterocycles. The quantitative estimate of drug-likeness (QED) is 0.407. The summed E-state index contributed by atoms with van der Waals surface area (Å²) in [7, 11) is 1.61. The average Bonchev–Trinajstić information content (AvgIpc) is 2.76. The standard InChI is InChI=1S/C24H31NO6S/c1-22(2,3)21-30-14-24(15-31-21,32-25-28)11-10-23(4,20(26)27)18-8-6-17-13-19(29-5)9-7-16(17)12-18/h6-9,12-13,21H,10-11,14-15H2,1-5H3,(H,26,27). The lowest BCUT2D eigenvalue weighted by molar-refractivity contribution is -0.236. The number of fused-ring (bicyclic) bond motifs is 1. The number of carboxylic acid groups (broad SMARTS) is 1. The van der Waals surface area contributed by atoms with Crippen LogP contribution in [0.1, 0.15) is 46.1 Å². The second kappa shape index (κ2) is 9.37. The van der Waals surface area contributed by atoms with Gasteiger partial charge < -0.3 is 19.3 Å². The van der Waals surface area contributed by atoms with E-state index < -0.39 is 16.1 Å². The van der Waals surface area contributed by atoms with Gasteiger partial charge in [-0.05, 0) is 48.2 Å². The number of methoxy groups -OCH3 is 1. The van der Waals surface area contributed by atoms with Gasteiger partial charge in [-0.3, -0.25) is 4.79 Å². The van der Waals surface area contributed by atoms with Crippen LogP contribution in [0.5, 0.6) is 5.75 Å². The van der Waals surface area contributed by atoms with E-state index in [0.29, 0.717) is 18.4 Å². The zero-order valence-corrected chi connectivity index (χ0v) is 20.0. The second-order valence-electron chi connectivity index (χ2n) is 9.73. The molecule has 1 atom stereocenters. The fraction of sp³-hybridized carbons (Fsp3) is 0.542. The Morgan fingerprint density at radius 3 is 2.34 bits per heavy atom. The maximum atomic E-state index is 12.4. The highest BCUT2D eigenvalue weighted by Gasteiger charge is 2.45. The van der Waals surface area contributed by atoms with Crippen LogP contribution in [0.3, 0.4) is 0 Å². The Kier molecular flexibility index (Phi) is 7.17. The van der Waals surface area contributed by atoms with E-state index in [9.17, 15) is 14.8 Å². The summed E-state index contributed by atoms with van der Waals surface area (Å²) in [6, 6.07) is 11.4. The average molecular weight is 462 g/mol. The first kappa shape index (κ1) is 24.5. The van der Waals surface area contributed by atoms with E-state index in [-0.39, 0.29) is 24.9 Å². The molecule has 32 heavy (non-hydrogen) atoms. The van der Waals surface area contributed by atoms with Crippen molar-refractivity contribution in [1.29, 1.82) is 0 Å². The molecule has 0 bridgehead atoms. The van der Waals surface area contributed by atoms with Gasteiger partial charge in [0.1, 0.15) is 5.75 Å². The summed E-state index contributed by atoms with van der Waals surface area (Å²) in [4.78, 5) is 23.6. The van der Waals surface area contributed by atoms with Crippen LogP contribution in [0.2, 0.25) is 0 Å². The molecule has 1 saturated heterocycles. The summed E-state index contributed by atoms with van der Waals surface area (Å²) in [6.45, 7) is 8.33. The van der Waals surface area contributed by atoms with E-state index >= 15 is 0 Å². The third kappa shape index (κ3) is 5.08. The number of rotatable bonds is 8. The number of nitrogens with zero attached hydrogens (tertiary/aromatic N) is 1. The van der Waals surface area contributed by atoms with Gasteiger partial charge in [-0.1, -0.05) is 45.0 Å². The van der Waals surface area contributed by atoms with Crippen LogP contribution < -0.4 is 4.74 Å². The van der Waals surface area contributed by atoms with Gasteiger partial charge in [0.25, 0.3) is 0 Å². The van der Waals surface area contributed by atoms with Gasteiger partial charge in [-0.25, -0.2) is 0 Å². The molecule has 8 heteroatoms. The monoisotopic (exact) mass is 461 g/mol. The Morgan fingerprint density at radius 1 is 1.16 bits per heavy atom. The van der Waals surface area contributed by atoms with Crippen molar-refractivity contribution in [2.75, 3.05) is 20.3 Å². The smallest absolute Gasteiger partial charge is 0.313 e. The lowest BCUT2D eigenvalue weighted by atomic mass is 9.76. The molecular weight excluding hydrogens is 430 g/mol. The Balaban J connectivity index is 1.84. The predicted octanol–water partition coefficient (Wildman–Crippen LogP) is 5.54. The minimum atomic E-state index is -1.15. The van der Waals surface area contributed by atoms with Crippen LogP contribution in [0.25, 0.3) is 10.8 Å². The molecule has 0 spiro atoms. The number of ether oxygens (including phenoxy) is 3. The lowest BCUT2D eigenvalue weighted by Gasteiger charge is -2.42. The molecular formula is C24H31NO6S. The molecule has 1 N–H and O–H groups in total. The maximum absolute atomic E-state index is 12.4. The number of benzene rings is 2. The minimum Gasteiger partial charge on any atom is -0.497 e. The van der Waals surface area contributed by atoms with Crippen LogP contribution in [-0.4, -0.2) is 42.4 Å². The van der Waals surface area contributed by atoms with Crippen molar-refractivity contribution in [3.05, 3.63) is 46.9 Å². The van der Waals surface area contributed by atoms with Crippen molar-refractivity contribution in [2.24, 2.45) is 10.00 Å². The molecule has 0 aliphatic carbocycles. The summed E-state index contributed by atoms with van der Waals surface area (Å²) < 4.78 is 19.4. The Labute approximate surface area is 192 Å². The van der Waals surface area contributed by atoms with E-state index in [2.05, 4.69) is 4.58 Å². The summed E-state index contributed by atoms with van der Waals surface area (Å²) in [5.74, 6) is -0.174. The molecule has 2 aromatic rings. The molecule has 0 amide bonds. The van der Waals surface area contributed by atoms with Crippen LogP contribution in [0.15, 0.2) is 41.0 Å². The Bertz CT molecular complexity index is 980. The molecule has 1 aliphatic heterocycles. The second-order valence-corrected chi connectivity index (χ2v) is 10.9. The molecule has 3 rings (SSSR count). The third-order valence-electron chi connectivity index (χ3n) is 6.17. The van der Waals surface area contributed by atoms with E-state index in [1.54, 1.807) is 14.0 Å². The van der Waals surface area contributed by atoms with E-state index in [1.165, 1.54) is 0 Å². The normalized spacial score (nSPS) is 23.5. The van der Waals surface area contributed by atoms with Gasteiger partial charge in [0, 0.05) is 21.9 Å². The van der Waals surface area contributed by atoms with Crippen molar-refractivity contribution in [2.45, 2.75) is 57.0 Å². The highest BCUT2D eigenvalue weighted by atomic mass is 32.2. The lowest BCUT2D eigenvalue weighted by Crippen LogP contribution is -2.49. The summed E-state index contributed by atoms with van der Waals surface area (Å²) >= 11 is 0.879. The summed E-state index contributed by atoms with van der Waals surface area (Å²) in [6.07, 6.45) is 0.328. The SMILES string of the molecule is COc1ccc2cc(C(C)(CCC3(SN=O)COC(C(C)(C)C)OC3)C(=O)O)ccc2c1. The molecule has 1 fully saturated rings. The Morgan fingerprint density at radius 2 is 1.78 bits per heavy atom. The molecule has 0 saturated carbocycles. The van der Waals surface area contributed by atoms with Gasteiger partial charge in [-0.15, -0.1) is 4.91 Å². The first-order valence-electron chi connectivity index (χ1n) is 10.6. The minimum absolute atomic E-state index is 0.200. The van der Waals surface area contributed by atoms with Crippen LogP contribution in [0.4, 0.5) is 0 Å². The zero-order valence-electron chi connectivity index (χ0n) is 19.2.